The zero-order valence-corrected chi connectivity index (χ0v) is 18.7. The van der Waals surface area contributed by atoms with Crippen molar-refractivity contribution in [2.45, 2.75) is 25.1 Å². The number of carbonyl (C=O) groups is 1. The van der Waals surface area contributed by atoms with Gasteiger partial charge in [0.25, 0.3) is 0 Å². The van der Waals surface area contributed by atoms with Crippen molar-refractivity contribution in [2.24, 2.45) is 0 Å². The van der Waals surface area contributed by atoms with Gasteiger partial charge in [0.2, 0.25) is 5.91 Å². The van der Waals surface area contributed by atoms with Gasteiger partial charge in [-0.1, -0.05) is 6.07 Å². The smallest absolute Gasteiger partial charge is 0.416 e. The lowest BCUT2D eigenvalue weighted by Gasteiger charge is -2.26. The number of rotatable bonds is 7. The number of methoxy groups -OCH3 is 2. The zero-order chi connectivity index (χ0) is 24.3. The van der Waals surface area contributed by atoms with Gasteiger partial charge in [-0.25, -0.2) is 9.67 Å². The van der Waals surface area contributed by atoms with E-state index in [1.165, 1.54) is 23.4 Å². The number of hydrogen-bond acceptors (Lipinski definition) is 6. The van der Waals surface area contributed by atoms with Crippen molar-refractivity contribution >= 4 is 11.6 Å². The number of amides is 1. The van der Waals surface area contributed by atoms with Crippen molar-refractivity contribution in [3.05, 3.63) is 60.2 Å². The third-order valence-electron chi connectivity index (χ3n) is 5.77. The highest BCUT2D eigenvalue weighted by Gasteiger charge is 2.32. The summed E-state index contributed by atoms with van der Waals surface area (Å²) in [4.78, 5) is 18.8. The molecular formula is C23H24F3N5O3. The summed E-state index contributed by atoms with van der Waals surface area (Å²) in [5.74, 6) is 0.885. The number of nitrogens with one attached hydrogen (secondary N) is 1. The summed E-state index contributed by atoms with van der Waals surface area (Å²) in [6, 6.07) is 8.58. The zero-order valence-electron chi connectivity index (χ0n) is 18.7. The van der Waals surface area contributed by atoms with Crippen molar-refractivity contribution in [3.63, 3.8) is 0 Å². The number of benzene rings is 2. The highest BCUT2D eigenvalue weighted by atomic mass is 19.4. The Morgan fingerprint density at radius 1 is 1.18 bits per heavy atom. The molecule has 180 valence electrons. The first-order chi connectivity index (χ1) is 16.3. The van der Waals surface area contributed by atoms with E-state index in [4.69, 9.17) is 9.47 Å². The van der Waals surface area contributed by atoms with E-state index in [9.17, 15) is 18.0 Å². The van der Waals surface area contributed by atoms with E-state index in [0.717, 1.165) is 30.5 Å². The number of alkyl halides is 3. The van der Waals surface area contributed by atoms with Crippen molar-refractivity contribution in [1.82, 2.24) is 19.7 Å². The summed E-state index contributed by atoms with van der Waals surface area (Å²) in [7, 11) is 3.14. The van der Waals surface area contributed by atoms with Crippen LogP contribution in [0.1, 0.15) is 30.0 Å². The van der Waals surface area contributed by atoms with Crippen LogP contribution in [0.2, 0.25) is 0 Å². The predicted molar refractivity (Wildman–Crippen MR) is 118 cm³/mol. The first-order valence-electron chi connectivity index (χ1n) is 10.6. The van der Waals surface area contributed by atoms with Gasteiger partial charge in [-0.2, -0.15) is 18.3 Å². The minimum atomic E-state index is -4.55. The molecule has 2 aromatic carbocycles. The molecule has 0 spiro atoms. The Hall–Kier alpha value is -3.60. The van der Waals surface area contributed by atoms with E-state index in [1.54, 1.807) is 20.3 Å². The molecule has 3 aromatic rings. The number of anilines is 1. The third-order valence-corrected chi connectivity index (χ3v) is 5.77. The number of nitrogens with zero attached hydrogens (tertiary/aromatic N) is 4. The molecule has 8 nitrogen and oxygen atoms in total. The Kier molecular flexibility index (Phi) is 6.73. The molecule has 1 aliphatic heterocycles. The van der Waals surface area contributed by atoms with Gasteiger partial charge in [-0.05, 0) is 43.7 Å². The minimum absolute atomic E-state index is 0.00287. The molecule has 0 saturated carbocycles. The number of halogens is 3. The fourth-order valence-corrected chi connectivity index (χ4v) is 4.18. The molecule has 1 amide bonds. The molecule has 0 unspecified atom stereocenters. The normalized spacial score (nSPS) is 16.4. The van der Waals surface area contributed by atoms with Gasteiger partial charge in [0.05, 0.1) is 37.7 Å². The molecular weight excluding hydrogens is 451 g/mol. The van der Waals surface area contributed by atoms with E-state index >= 15 is 0 Å². The van der Waals surface area contributed by atoms with Gasteiger partial charge in [-0.3, -0.25) is 9.69 Å². The Morgan fingerprint density at radius 3 is 2.68 bits per heavy atom. The second kappa shape index (κ2) is 9.72. The first-order valence-corrected chi connectivity index (χ1v) is 10.6. The largest absolute Gasteiger partial charge is 0.497 e. The molecule has 1 aromatic heterocycles. The van der Waals surface area contributed by atoms with Crippen LogP contribution < -0.4 is 14.8 Å². The van der Waals surface area contributed by atoms with E-state index < -0.39 is 17.6 Å². The van der Waals surface area contributed by atoms with Crippen molar-refractivity contribution in [3.8, 4) is 17.2 Å². The number of hydrogen-bond donors (Lipinski definition) is 1. The summed E-state index contributed by atoms with van der Waals surface area (Å²) in [5.41, 5.74) is 0.349. The third kappa shape index (κ3) is 4.98. The van der Waals surface area contributed by atoms with Gasteiger partial charge in [0.1, 0.15) is 24.2 Å². The van der Waals surface area contributed by atoms with Crippen LogP contribution in [0.5, 0.6) is 11.5 Å². The molecule has 4 rings (SSSR count). The fourth-order valence-electron chi connectivity index (χ4n) is 4.18. The second-order valence-electron chi connectivity index (χ2n) is 7.85. The number of ether oxygens (including phenoxy) is 2. The van der Waals surface area contributed by atoms with Crippen LogP contribution in [-0.2, 0) is 11.0 Å². The van der Waals surface area contributed by atoms with E-state index in [2.05, 4.69) is 15.4 Å². The SMILES string of the molecule is COc1ccc([C@H]2CCCN2CC(=O)Nc2cc(C(F)(F)F)ccc2-n2cncn2)c(OC)c1. The number of aromatic nitrogens is 3. The molecule has 0 aliphatic carbocycles. The summed E-state index contributed by atoms with van der Waals surface area (Å²) in [6.45, 7) is 0.679. The average Bonchev–Trinajstić information content (AvgIpc) is 3.50. The van der Waals surface area contributed by atoms with Crippen LogP contribution in [-0.4, -0.2) is 52.9 Å². The lowest BCUT2D eigenvalue weighted by molar-refractivity contribution is -0.137. The Morgan fingerprint density at radius 2 is 2.00 bits per heavy atom. The predicted octanol–water partition coefficient (Wildman–Crippen LogP) is 4.08. The maximum atomic E-state index is 13.3. The van der Waals surface area contributed by atoms with Crippen LogP contribution in [0.4, 0.5) is 18.9 Å². The topological polar surface area (TPSA) is 81.5 Å². The lowest BCUT2D eigenvalue weighted by atomic mass is 10.0. The van der Waals surface area contributed by atoms with Gasteiger partial charge in [0, 0.05) is 17.7 Å². The summed E-state index contributed by atoms with van der Waals surface area (Å²) < 4.78 is 52.0. The van der Waals surface area contributed by atoms with E-state index in [1.807, 2.05) is 17.0 Å². The minimum Gasteiger partial charge on any atom is -0.497 e. The standard InChI is InChI=1S/C23H24F3N5O3/c1-33-16-6-7-17(21(11-16)34-2)19-4-3-9-30(19)12-22(32)29-18-10-15(23(24,25)26)5-8-20(18)31-14-27-13-28-31/h5-8,10-11,13-14,19H,3-4,9,12H2,1-2H3,(H,29,32)/t19-/m1/s1. The first kappa shape index (κ1) is 23.6. The molecule has 0 bridgehead atoms. The van der Waals surface area contributed by atoms with E-state index in [0.29, 0.717) is 18.0 Å². The highest BCUT2D eigenvalue weighted by Crippen LogP contribution is 2.39. The molecule has 1 N–H and O–H groups in total. The van der Waals surface area contributed by atoms with Crippen molar-refractivity contribution in [1.29, 1.82) is 0 Å². The maximum Gasteiger partial charge on any atom is 0.416 e. The summed E-state index contributed by atoms with van der Waals surface area (Å²) in [6.07, 6.45) is -0.235. The van der Waals surface area contributed by atoms with E-state index in [-0.39, 0.29) is 24.0 Å². The van der Waals surface area contributed by atoms with Crippen molar-refractivity contribution in [2.75, 3.05) is 32.6 Å². The average molecular weight is 475 g/mol. The van der Waals surface area contributed by atoms with Crippen LogP contribution >= 0.6 is 0 Å². The van der Waals surface area contributed by atoms with Gasteiger partial charge in [0.15, 0.2) is 0 Å². The molecule has 2 heterocycles. The van der Waals surface area contributed by atoms with Crippen LogP contribution in [0.3, 0.4) is 0 Å². The number of carbonyl (C=O) groups excluding carboxylic acids is 1. The Labute approximate surface area is 194 Å². The van der Waals surface area contributed by atoms with Crippen LogP contribution in [0, 0.1) is 0 Å². The van der Waals surface area contributed by atoms with Gasteiger partial charge in [-0.15, -0.1) is 0 Å². The van der Waals surface area contributed by atoms with Gasteiger partial charge < -0.3 is 14.8 Å². The van der Waals surface area contributed by atoms with Crippen LogP contribution in [0.25, 0.3) is 5.69 Å². The quantitative estimate of drug-likeness (QED) is 0.555. The van der Waals surface area contributed by atoms with Gasteiger partial charge >= 0.3 is 6.18 Å². The maximum absolute atomic E-state index is 13.3. The molecule has 0 radical (unpaired) electrons. The molecule has 34 heavy (non-hydrogen) atoms. The molecule has 1 saturated heterocycles. The second-order valence-corrected chi connectivity index (χ2v) is 7.85. The highest BCUT2D eigenvalue weighted by molar-refractivity contribution is 5.94. The monoisotopic (exact) mass is 475 g/mol. The van der Waals surface area contributed by atoms with Crippen molar-refractivity contribution < 1.29 is 27.4 Å². The fraction of sp³-hybridized carbons (Fsp3) is 0.348. The van der Waals surface area contributed by atoms with Crippen LogP contribution in [0.15, 0.2) is 49.1 Å². The molecule has 1 aliphatic rings. The molecule has 11 heteroatoms. The summed E-state index contributed by atoms with van der Waals surface area (Å²) >= 11 is 0. The Bertz CT molecular complexity index is 1150. The Balaban J connectivity index is 1.56. The lowest BCUT2D eigenvalue weighted by Crippen LogP contribution is -2.33. The molecule has 1 fully saturated rings. The summed E-state index contributed by atoms with van der Waals surface area (Å²) in [5, 5.41) is 6.61. The molecule has 1 atom stereocenters. The number of likely N-dealkylation sites (tertiary alicyclic amines) is 1.